The molecule has 0 heterocycles. The molecule has 0 atom stereocenters. The number of esters is 1. The zero-order valence-electron chi connectivity index (χ0n) is 14.0. The van der Waals surface area contributed by atoms with E-state index in [1.165, 1.54) is 6.08 Å². The fraction of sp³-hybridized carbons (Fsp3) is 0.105. The van der Waals surface area contributed by atoms with Crippen LogP contribution >= 0.6 is 0 Å². The third-order valence-electron chi connectivity index (χ3n) is 3.19. The topological polar surface area (TPSA) is 96.5 Å². The van der Waals surface area contributed by atoms with Crippen molar-refractivity contribution in [3.8, 4) is 0 Å². The summed E-state index contributed by atoms with van der Waals surface area (Å²) in [6.07, 6.45) is 1.47. The summed E-state index contributed by atoms with van der Waals surface area (Å²) in [5.74, 6) is -1.40. The first kappa shape index (κ1) is 18.7. The van der Waals surface area contributed by atoms with Crippen molar-refractivity contribution in [1.29, 1.82) is 0 Å². The zero-order chi connectivity index (χ0) is 18.8. The van der Waals surface area contributed by atoms with Crippen LogP contribution in [0.3, 0.4) is 0 Å². The summed E-state index contributed by atoms with van der Waals surface area (Å²) >= 11 is 0. The monoisotopic (exact) mass is 353 g/mol. The van der Waals surface area contributed by atoms with Crippen molar-refractivity contribution in [3.05, 3.63) is 72.8 Å². The second-order valence-corrected chi connectivity index (χ2v) is 5.16. The van der Waals surface area contributed by atoms with E-state index in [0.717, 1.165) is 5.69 Å². The van der Waals surface area contributed by atoms with Crippen molar-refractivity contribution >= 4 is 29.3 Å². The van der Waals surface area contributed by atoms with E-state index in [1.807, 2.05) is 35.6 Å². The van der Waals surface area contributed by atoms with Crippen LogP contribution in [-0.2, 0) is 9.53 Å². The molecular weight excluding hydrogens is 334 g/mol. The minimum atomic E-state index is -0.728. The molecule has 0 aliphatic rings. The molecule has 0 saturated carbocycles. The van der Waals surface area contributed by atoms with Crippen molar-refractivity contribution in [3.63, 3.8) is 0 Å². The molecule has 0 aromatic heterocycles. The molecule has 3 N–H and O–H groups in total. The van der Waals surface area contributed by atoms with E-state index in [9.17, 15) is 14.4 Å². The normalized spacial score (nSPS) is 9.69. The Morgan fingerprint density at radius 1 is 1.00 bits per heavy atom. The van der Waals surface area contributed by atoms with E-state index in [2.05, 4.69) is 17.2 Å². The molecule has 0 bridgehead atoms. The number of rotatable bonds is 7. The van der Waals surface area contributed by atoms with Crippen LogP contribution in [-0.4, -0.2) is 31.1 Å². The number of carbonyl (C=O) groups excluding carboxylic acids is 3. The molecule has 0 saturated heterocycles. The Morgan fingerprint density at radius 3 is 2.42 bits per heavy atom. The van der Waals surface area contributed by atoms with Gasteiger partial charge in [-0.2, -0.15) is 0 Å². The number of anilines is 2. The lowest BCUT2D eigenvalue weighted by atomic mass is 10.1. The lowest BCUT2D eigenvalue weighted by molar-refractivity contribution is -0.123. The smallest absolute Gasteiger partial charge is 0.340 e. The van der Waals surface area contributed by atoms with Gasteiger partial charge in [0, 0.05) is 12.2 Å². The largest absolute Gasteiger partial charge is 0.452 e. The minimum Gasteiger partial charge on any atom is -0.452 e. The molecule has 0 aliphatic carbocycles. The van der Waals surface area contributed by atoms with E-state index in [-0.39, 0.29) is 12.1 Å². The Labute approximate surface area is 151 Å². The number of hydrogen-bond acceptors (Lipinski definition) is 5. The molecular formula is C19H19N3O4. The van der Waals surface area contributed by atoms with Gasteiger partial charge in [-0.05, 0) is 24.3 Å². The number of ether oxygens (including phenoxy) is 1. The summed E-state index contributed by atoms with van der Waals surface area (Å²) in [6, 6.07) is 15.4. The maximum Gasteiger partial charge on any atom is 0.340 e. The van der Waals surface area contributed by atoms with Gasteiger partial charge in [0.15, 0.2) is 6.61 Å². The van der Waals surface area contributed by atoms with Gasteiger partial charge < -0.3 is 15.4 Å². The van der Waals surface area contributed by atoms with Gasteiger partial charge in [-0.25, -0.2) is 9.59 Å². The maximum absolute atomic E-state index is 12.3. The number of carbonyl (C=O) groups is 3. The summed E-state index contributed by atoms with van der Waals surface area (Å²) in [7, 11) is 0. The molecule has 2 rings (SSSR count). The van der Waals surface area contributed by atoms with Crippen LogP contribution in [0.2, 0.25) is 0 Å². The van der Waals surface area contributed by atoms with E-state index in [0.29, 0.717) is 5.69 Å². The SMILES string of the molecule is C=CCNC(=O)NC(=O)COC(=O)c1ccccc1Nc1ccccc1. The molecule has 134 valence electrons. The van der Waals surface area contributed by atoms with Crippen LogP contribution in [0.25, 0.3) is 0 Å². The number of nitrogens with one attached hydrogen (secondary N) is 3. The molecule has 0 radical (unpaired) electrons. The number of imide groups is 1. The van der Waals surface area contributed by atoms with Gasteiger partial charge in [-0.1, -0.05) is 36.4 Å². The Morgan fingerprint density at radius 2 is 1.69 bits per heavy atom. The highest BCUT2D eigenvalue weighted by molar-refractivity contribution is 5.99. The van der Waals surface area contributed by atoms with Crippen LogP contribution in [0.15, 0.2) is 67.3 Å². The van der Waals surface area contributed by atoms with E-state index < -0.39 is 24.5 Å². The van der Waals surface area contributed by atoms with Crippen molar-refractivity contribution in [2.75, 3.05) is 18.5 Å². The molecule has 0 unspecified atom stereocenters. The highest BCUT2D eigenvalue weighted by Crippen LogP contribution is 2.21. The predicted molar refractivity (Wildman–Crippen MR) is 98.2 cm³/mol. The van der Waals surface area contributed by atoms with Crippen molar-refractivity contribution in [2.45, 2.75) is 0 Å². The Bertz CT molecular complexity index is 790. The summed E-state index contributed by atoms with van der Waals surface area (Å²) in [5, 5.41) is 7.55. The molecule has 0 fully saturated rings. The van der Waals surface area contributed by atoms with Crippen molar-refractivity contribution in [1.82, 2.24) is 10.6 Å². The van der Waals surface area contributed by atoms with Crippen LogP contribution in [0.5, 0.6) is 0 Å². The van der Waals surface area contributed by atoms with Gasteiger partial charge in [0.1, 0.15) is 0 Å². The molecule has 7 heteroatoms. The summed E-state index contributed by atoms with van der Waals surface area (Å²) in [5.41, 5.74) is 1.64. The van der Waals surface area contributed by atoms with Crippen LogP contribution in [0.4, 0.5) is 16.2 Å². The number of urea groups is 1. The molecule has 2 aromatic rings. The number of hydrogen-bond donors (Lipinski definition) is 3. The quantitative estimate of drug-likeness (QED) is 0.525. The van der Waals surface area contributed by atoms with Gasteiger partial charge in [0.2, 0.25) is 0 Å². The fourth-order valence-corrected chi connectivity index (χ4v) is 2.03. The average Bonchev–Trinajstić information content (AvgIpc) is 2.65. The minimum absolute atomic E-state index is 0.220. The van der Waals surface area contributed by atoms with Gasteiger partial charge in [-0.15, -0.1) is 6.58 Å². The first-order valence-corrected chi connectivity index (χ1v) is 7.87. The molecule has 3 amide bonds. The molecule has 2 aromatic carbocycles. The first-order valence-electron chi connectivity index (χ1n) is 7.87. The Kier molecular flexibility index (Phi) is 6.93. The Hall–Kier alpha value is -3.61. The van der Waals surface area contributed by atoms with Crippen molar-refractivity contribution in [2.24, 2.45) is 0 Å². The molecule has 26 heavy (non-hydrogen) atoms. The first-order chi connectivity index (χ1) is 12.6. The molecule has 0 spiro atoms. The Balaban J connectivity index is 1.94. The lowest BCUT2D eigenvalue weighted by Crippen LogP contribution is -2.41. The van der Waals surface area contributed by atoms with Gasteiger partial charge >= 0.3 is 12.0 Å². The van der Waals surface area contributed by atoms with Crippen LogP contribution in [0, 0.1) is 0 Å². The molecule has 7 nitrogen and oxygen atoms in total. The second kappa shape index (κ2) is 9.63. The number of amides is 3. The van der Waals surface area contributed by atoms with Crippen LogP contribution in [0.1, 0.15) is 10.4 Å². The van der Waals surface area contributed by atoms with E-state index >= 15 is 0 Å². The molecule has 0 aliphatic heterocycles. The van der Waals surface area contributed by atoms with E-state index in [4.69, 9.17) is 4.74 Å². The highest BCUT2D eigenvalue weighted by atomic mass is 16.5. The average molecular weight is 353 g/mol. The number of para-hydroxylation sites is 2. The van der Waals surface area contributed by atoms with Gasteiger partial charge in [0.05, 0.1) is 11.3 Å². The predicted octanol–water partition coefficient (Wildman–Crippen LogP) is 2.60. The lowest BCUT2D eigenvalue weighted by Gasteiger charge is -2.11. The maximum atomic E-state index is 12.3. The summed E-state index contributed by atoms with van der Waals surface area (Å²) < 4.78 is 4.98. The fourth-order valence-electron chi connectivity index (χ4n) is 2.03. The zero-order valence-corrected chi connectivity index (χ0v) is 14.0. The summed E-state index contributed by atoms with van der Waals surface area (Å²) in [6.45, 7) is 3.09. The number of benzene rings is 2. The van der Waals surface area contributed by atoms with Crippen LogP contribution < -0.4 is 16.0 Å². The van der Waals surface area contributed by atoms with Gasteiger partial charge in [0.25, 0.3) is 5.91 Å². The second-order valence-electron chi connectivity index (χ2n) is 5.16. The summed E-state index contributed by atoms with van der Waals surface area (Å²) in [4.78, 5) is 35.2. The third-order valence-corrected chi connectivity index (χ3v) is 3.19. The standard InChI is InChI=1S/C19H19N3O4/c1-2-12-20-19(25)22-17(23)13-26-18(24)15-10-6-7-11-16(15)21-14-8-4-3-5-9-14/h2-11,21H,1,12-13H2,(H2,20,22,23,25). The van der Waals surface area contributed by atoms with Gasteiger partial charge in [-0.3, -0.25) is 10.1 Å². The highest BCUT2D eigenvalue weighted by Gasteiger charge is 2.15. The van der Waals surface area contributed by atoms with Crippen molar-refractivity contribution < 1.29 is 19.1 Å². The third kappa shape index (κ3) is 5.79. The van der Waals surface area contributed by atoms with E-state index in [1.54, 1.807) is 24.3 Å².